The summed E-state index contributed by atoms with van der Waals surface area (Å²) in [5.74, 6) is 0.842. The Balaban J connectivity index is 1.98. The monoisotopic (exact) mass is 225 g/mol. The van der Waals surface area contributed by atoms with E-state index in [-0.39, 0.29) is 0 Å². The second kappa shape index (κ2) is 3.64. The molecule has 6 nitrogen and oxygen atoms in total. The average Bonchev–Trinajstić information content (AvgIpc) is 3.09. The van der Waals surface area contributed by atoms with Crippen molar-refractivity contribution in [1.29, 1.82) is 5.26 Å². The molecule has 3 rings (SSSR count). The molecular weight excluding hydrogens is 218 g/mol. The Hall–Kier alpha value is -2.81. The highest BCUT2D eigenvalue weighted by atomic mass is 16.5. The molecule has 0 spiro atoms. The first-order valence-electron chi connectivity index (χ1n) is 4.94. The van der Waals surface area contributed by atoms with Crippen molar-refractivity contribution in [3.8, 4) is 29.2 Å². The van der Waals surface area contributed by atoms with E-state index in [0.717, 1.165) is 5.69 Å². The molecule has 0 unspecified atom stereocenters. The summed E-state index contributed by atoms with van der Waals surface area (Å²) >= 11 is 0. The van der Waals surface area contributed by atoms with E-state index in [1.54, 1.807) is 18.3 Å². The summed E-state index contributed by atoms with van der Waals surface area (Å²) < 4.78 is 5.11. The van der Waals surface area contributed by atoms with Gasteiger partial charge in [-0.2, -0.15) is 10.2 Å². The molecule has 0 aliphatic rings. The first kappa shape index (κ1) is 9.42. The van der Waals surface area contributed by atoms with Crippen molar-refractivity contribution in [1.82, 2.24) is 20.1 Å². The average molecular weight is 225 g/mol. The minimum Gasteiger partial charge on any atom is -0.359 e. The van der Waals surface area contributed by atoms with Crippen LogP contribution in [-0.2, 0) is 0 Å². The van der Waals surface area contributed by atoms with Crippen LogP contribution in [0.1, 0.15) is 5.69 Å². The normalized spacial score (nSPS) is 10.3. The van der Waals surface area contributed by atoms with E-state index in [1.165, 1.54) is 0 Å². The molecule has 3 aromatic rings. The van der Waals surface area contributed by atoms with E-state index in [2.05, 4.69) is 20.1 Å². The predicted octanol–water partition coefficient (Wildman–Crippen LogP) is 1.93. The van der Waals surface area contributed by atoms with Crippen LogP contribution in [0, 0.1) is 11.3 Å². The maximum atomic E-state index is 8.70. The third kappa shape index (κ3) is 1.59. The number of rotatable bonds is 2. The summed E-state index contributed by atoms with van der Waals surface area (Å²) in [5, 5.41) is 12.6. The van der Waals surface area contributed by atoms with Crippen LogP contribution < -0.4 is 0 Å². The number of H-pyrrole nitrogens is 2. The highest BCUT2D eigenvalue weighted by molar-refractivity contribution is 5.55. The van der Waals surface area contributed by atoms with Crippen LogP contribution in [0.3, 0.4) is 0 Å². The fraction of sp³-hybridized carbons (Fsp3) is 0. The number of nitrogens with zero attached hydrogens (tertiary/aromatic N) is 3. The summed E-state index contributed by atoms with van der Waals surface area (Å²) in [6, 6.07) is 9.09. The van der Waals surface area contributed by atoms with Crippen molar-refractivity contribution < 1.29 is 4.52 Å². The molecular formula is C11H7N5O. The maximum absolute atomic E-state index is 8.70. The zero-order chi connectivity index (χ0) is 11.7. The van der Waals surface area contributed by atoms with Gasteiger partial charge in [-0.1, -0.05) is 5.16 Å². The van der Waals surface area contributed by atoms with Gasteiger partial charge in [-0.05, 0) is 24.3 Å². The quantitative estimate of drug-likeness (QED) is 0.696. The standard InChI is InChI=1S/C11H7N5O/c12-6-7-3-4-9(14-7)11-15-10(16-17-11)8-2-1-5-13-8/h1-5,13-14H. The highest BCUT2D eigenvalue weighted by Crippen LogP contribution is 2.20. The van der Waals surface area contributed by atoms with Gasteiger partial charge in [0.25, 0.3) is 5.89 Å². The molecule has 2 N–H and O–H groups in total. The van der Waals surface area contributed by atoms with Gasteiger partial charge in [0, 0.05) is 6.20 Å². The third-order valence-electron chi connectivity index (χ3n) is 2.30. The topological polar surface area (TPSA) is 94.3 Å². The van der Waals surface area contributed by atoms with Crippen LogP contribution in [0.2, 0.25) is 0 Å². The molecule has 82 valence electrons. The summed E-state index contributed by atoms with van der Waals surface area (Å²) in [4.78, 5) is 10.1. The summed E-state index contributed by atoms with van der Waals surface area (Å²) in [5.41, 5.74) is 1.87. The van der Waals surface area contributed by atoms with Gasteiger partial charge in [0.05, 0.1) is 5.69 Å². The Bertz CT molecular complexity index is 671. The molecule has 0 bridgehead atoms. The van der Waals surface area contributed by atoms with E-state index >= 15 is 0 Å². The molecule has 0 aliphatic carbocycles. The molecule has 0 aliphatic heterocycles. The SMILES string of the molecule is N#Cc1ccc(-c2nc(-c3ccc[nH]3)no2)[nH]1. The lowest BCUT2D eigenvalue weighted by Gasteiger charge is -1.86. The Labute approximate surface area is 95.9 Å². The molecule has 17 heavy (non-hydrogen) atoms. The zero-order valence-corrected chi connectivity index (χ0v) is 8.64. The predicted molar refractivity (Wildman–Crippen MR) is 58.6 cm³/mol. The number of nitrogens with one attached hydrogen (secondary N) is 2. The molecule has 3 aromatic heterocycles. The summed E-state index contributed by atoms with van der Waals surface area (Å²) in [7, 11) is 0. The van der Waals surface area contributed by atoms with Gasteiger partial charge >= 0.3 is 0 Å². The number of aromatic amines is 2. The van der Waals surface area contributed by atoms with E-state index < -0.39 is 0 Å². The van der Waals surface area contributed by atoms with Gasteiger partial charge in [-0.3, -0.25) is 0 Å². The van der Waals surface area contributed by atoms with Gasteiger partial charge in [0.1, 0.15) is 17.5 Å². The summed E-state index contributed by atoms with van der Waals surface area (Å²) in [6.07, 6.45) is 1.79. The fourth-order valence-electron chi connectivity index (χ4n) is 1.50. The lowest BCUT2D eigenvalue weighted by molar-refractivity contribution is 0.431. The second-order valence-electron chi connectivity index (χ2n) is 3.40. The van der Waals surface area contributed by atoms with Gasteiger partial charge in [0.15, 0.2) is 0 Å². The Morgan fingerprint density at radius 2 is 2.18 bits per heavy atom. The molecule has 0 atom stereocenters. The molecule has 0 amide bonds. The number of hydrogen-bond acceptors (Lipinski definition) is 4. The van der Waals surface area contributed by atoms with Crippen LogP contribution in [0.4, 0.5) is 0 Å². The van der Waals surface area contributed by atoms with E-state index in [9.17, 15) is 0 Å². The van der Waals surface area contributed by atoms with Crippen molar-refractivity contribution in [2.24, 2.45) is 0 Å². The summed E-state index contributed by atoms with van der Waals surface area (Å²) in [6.45, 7) is 0. The van der Waals surface area contributed by atoms with E-state index in [0.29, 0.717) is 23.1 Å². The van der Waals surface area contributed by atoms with Crippen molar-refractivity contribution in [3.05, 3.63) is 36.2 Å². The van der Waals surface area contributed by atoms with E-state index in [4.69, 9.17) is 9.78 Å². The van der Waals surface area contributed by atoms with Gasteiger partial charge < -0.3 is 14.5 Å². The molecule has 0 saturated carbocycles. The zero-order valence-electron chi connectivity index (χ0n) is 8.64. The lowest BCUT2D eigenvalue weighted by atomic mass is 10.4. The Morgan fingerprint density at radius 1 is 1.24 bits per heavy atom. The van der Waals surface area contributed by atoms with Crippen molar-refractivity contribution in [3.63, 3.8) is 0 Å². The highest BCUT2D eigenvalue weighted by Gasteiger charge is 2.12. The molecule has 0 aromatic carbocycles. The minimum atomic E-state index is 0.358. The molecule has 6 heteroatoms. The van der Waals surface area contributed by atoms with Crippen molar-refractivity contribution in [2.45, 2.75) is 0 Å². The maximum Gasteiger partial charge on any atom is 0.274 e. The third-order valence-corrected chi connectivity index (χ3v) is 2.30. The van der Waals surface area contributed by atoms with Crippen LogP contribution in [-0.4, -0.2) is 20.1 Å². The van der Waals surface area contributed by atoms with Gasteiger partial charge in [-0.25, -0.2) is 0 Å². The van der Waals surface area contributed by atoms with Crippen molar-refractivity contribution >= 4 is 0 Å². The largest absolute Gasteiger partial charge is 0.359 e. The van der Waals surface area contributed by atoms with E-state index in [1.807, 2.05) is 18.2 Å². The fourth-order valence-corrected chi connectivity index (χ4v) is 1.50. The Kier molecular flexibility index (Phi) is 2.02. The first-order valence-corrected chi connectivity index (χ1v) is 4.94. The minimum absolute atomic E-state index is 0.358. The van der Waals surface area contributed by atoms with Gasteiger partial charge in [0.2, 0.25) is 5.82 Å². The van der Waals surface area contributed by atoms with Crippen LogP contribution in [0.5, 0.6) is 0 Å². The molecule has 0 radical (unpaired) electrons. The van der Waals surface area contributed by atoms with Crippen molar-refractivity contribution in [2.75, 3.05) is 0 Å². The van der Waals surface area contributed by atoms with Crippen LogP contribution in [0.25, 0.3) is 23.1 Å². The molecule has 0 fully saturated rings. The van der Waals surface area contributed by atoms with Crippen LogP contribution in [0.15, 0.2) is 35.0 Å². The number of nitriles is 1. The Morgan fingerprint density at radius 3 is 2.88 bits per heavy atom. The first-order chi connectivity index (χ1) is 8.36. The molecule has 3 heterocycles. The smallest absolute Gasteiger partial charge is 0.274 e. The van der Waals surface area contributed by atoms with Crippen LogP contribution >= 0.6 is 0 Å². The number of hydrogen-bond donors (Lipinski definition) is 2. The number of aromatic nitrogens is 4. The lowest BCUT2D eigenvalue weighted by Crippen LogP contribution is -1.81. The van der Waals surface area contributed by atoms with Gasteiger partial charge in [-0.15, -0.1) is 0 Å². The second-order valence-corrected chi connectivity index (χ2v) is 3.40. The molecule has 0 saturated heterocycles.